The predicted molar refractivity (Wildman–Crippen MR) is 110 cm³/mol. The molecule has 0 spiro atoms. The first-order chi connectivity index (χ1) is 13.3. The zero-order chi connectivity index (χ0) is 20.7. The lowest BCUT2D eigenvalue weighted by molar-refractivity contribution is -0.126. The highest BCUT2D eigenvalue weighted by Crippen LogP contribution is 2.29. The van der Waals surface area contributed by atoms with Crippen molar-refractivity contribution < 1.29 is 19.1 Å². The number of ether oxygens (including phenoxy) is 2. The minimum Gasteiger partial charge on any atom is -0.493 e. The second-order valence-electron chi connectivity index (χ2n) is 8.13. The average Bonchev–Trinajstić information content (AvgIpc) is 2.67. The standard InChI is InChI=1S/C22H34N2O4/c1-15(2)10-13-28-19-7-6-18(14-20(19)27-5)22(26)24-11-8-17(9-12-24)21(25)23-16(3)4/h6-7,14-17H,8-13H2,1-5H3,(H,23,25). The Morgan fingerprint density at radius 3 is 2.39 bits per heavy atom. The van der Waals surface area contributed by atoms with Crippen LogP contribution in [0.1, 0.15) is 57.3 Å². The van der Waals surface area contributed by atoms with Crippen LogP contribution in [0.5, 0.6) is 11.5 Å². The third kappa shape index (κ3) is 6.14. The van der Waals surface area contributed by atoms with Gasteiger partial charge in [0.2, 0.25) is 5.91 Å². The van der Waals surface area contributed by atoms with Gasteiger partial charge in [0.15, 0.2) is 11.5 Å². The maximum atomic E-state index is 12.9. The molecule has 2 rings (SSSR count). The molecule has 0 aromatic heterocycles. The van der Waals surface area contributed by atoms with Gasteiger partial charge in [-0.05, 0) is 57.2 Å². The van der Waals surface area contributed by atoms with Gasteiger partial charge in [0.25, 0.3) is 5.91 Å². The lowest BCUT2D eigenvalue weighted by atomic mass is 9.95. The van der Waals surface area contributed by atoms with Crippen LogP contribution in [0, 0.1) is 11.8 Å². The Kier molecular flexibility index (Phi) is 8.15. The highest BCUT2D eigenvalue weighted by atomic mass is 16.5. The van der Waals surface area contributed by atoms with E-state index in [9.17, 15) is 9.59 Å². The second kappa shape index (κ2) is 10.3. The third-order valence-corrected chi connectivity index (χ3v) is 4.95. The van der Waals surface area contributed by atoms with E-state index in [0.29, 0.717) is 55.5 Å². The molecule has 28 heavy (non-hydrogen) atoms. The van der Waals surface area contributed by atoms with E-state index in [1.807, 2.05) is 18.7 Å². The molecule has 0 atom stereocenters. The molecule has 1 heterocycles. The van der Waals surface area contributed by atoms with Gasteiger partial charge in [0.1, 0.15) is 0 Å². The molecule has 6 heteroatoms. The van der Waals surface area contributed by atoms with Crippen molar-refractivity contribution in [1.29, 1.82) is 0 Å². The highest BCUT2D eigenvalue weighted by molar-refractivity contribution is 5.95. The van der Waals surface area contributed by atoms with Crippen LogP contribution in [0.4, 0.5) is 0 Å². The molecule has 0 aliphatic carbocycles. The number of nitrogens with one attached hydrogen (secondary N) is 1. The van der Waals surface area contributed by atoms with Crippen LogP contribution in [0.2, 0.25) is 0 Å². The average molecular weight is 391 g/mol. The first-order valence-corrected chi connectivity index (χ1v) is 10.2. The number of piperidine rings is 1. The summed E-state index contributed by atoms with van der Waals surface area (Å²) in [4.78, 5) is 26.8. The fourth-order valence-corrected chi connectivity index (χ4v) is 3.25. The Balaban J connectivity index is 1.96. The molecule has 1 N–H and O–H groups in total. The van der Waals surface area contributed by atoms with Crippen molar-refractivity contribution in [3.8, 4) is 11.5 Å². The van der Waals surface area contributed by atoms with Crippen molar-refractivity contribution in [3.05, 3.63) is 23.8 Å². The van der Waals surface area contributed by atoms with E-state index in [1.54, 1.807) is 25.3 Å². The van der Waals surface area contributed by atoms with Crippen LogP contribution in [-0.4, -0.2) is 49.6 Å². The summed E-state index contributed by atoms with van der Waals surface area (Å²) in [5, 5.41) is 2.96. The number of rotatable bonds is 8. The van der Waals surface area contributed by atoms with Gasteiger partial charge in [0.05, 0.1) is 13.7 Å². The highest BCUT2D eigenvalue weighted by Gasteiger charge is 2.28. The number of hydrogen-bond donors (Lipinski definition) is 1. The van der Waals surface area contributed by atoms with E-state index in [-0.39, 0.29) is 23.8 Å². The number of methoxy groups -OCH3 is 1. The van der Waals surface area contributed by atoms with Crippen molar-refractivity contribution in [3.63, 3.8) is 0 Å². The Morgan fingerprint density at radius 2 is 1.82 bits per heavy atom. The smallest absolute Gasteiger partial charge is 0.253 e. The van der Waals surface area contributed by atoms with Gasteiger partial charge in [-0.1, -0.05) is 13.8 Å². The topological polar surface area (TPSA) is 67.9 Å². The summed E-state index contributed by atoms with van der Waals surface area (Å²) in [5.74, 6) is 1.83. The van der Waals surface area contributed by atoms with E-state index in [4.69, 9.17) is 9.47 Å². The van der Waals surface area contributed by atoms with Gasteiger partial charge < -0.3 is 19.7 Å². The maximum Gasteiger partial charge on any atom is 0.253 e. The molecule has 1 aliphatic heterocycles. The first kappa shape index (κ1) is 22.1. The van der Waals surface area contributed by atoms with Crippen molar-refractivity contribution in [2.75, 3.05) is 26.8 Å². The fraction of sp³-hybridized carbons (Fsp3) is 0.636. The Labute approximate surface area is 168 Å². The van der Waals surface area contributed by atoms with Gasteiger partial charge in [0, 0.05) is 30.6 Å². The normalized spacial score (nSPS) is 15.0. The van der Waals surface area contributed by atoms with E-state index in [2.05, 4.69) is 19.2 Å². The largest absolute Gasteiger partial charge is 0.493 e. The summed E-state index contributed by atoms with van der Waals surface area (Å²) in [6.07, 6.45) is 2.35. The molecule has 0 radical (unpaired) electrons. The Morgan fingerprint density at radius 1 is 1.14 bits per heavy atom. The number of hydrogen-bond acceptors (Lipinski definition) is 4. The van der Waals surface area contributed by atoms with Crippen LogP contribution in [-0.2, 0) is 4.79 Å². The number of nitrogens with zero attached hydrogens (tertiary/aromatic N) is 1. The monoisotopic (exact) mass is 390 g/mol. The first-order valence-electron chi connectivity index (χ1n) is 10.2. The number of amides is 2. The molecule has 1 aromatic rings. The number of carbonyl (C=O) groups is 2. The third-order valence-electron chi connectivity index (χ3n) is 4.95. The van der Waals surface area contributed by atoms with Crippen molar-refractivity contribution >= 4 is 11.8 Å². The molecular formula is C22H34N2O4. The van der Waals surface area contributed by atoms with Crippen LogP contribution >= 0.6 is 0 Å². The molecule has 0 bridgehead atoms. The summed E-state index contributed by atoms with van der Waals surface area (Å²) in [6, 6.07) is 5.47. The summed E-state index contributed by atoms with van der Waals surface area (Å²) in [7, 11) is 1.58. The predicted octanol–water partition coefficient (Wildman–Crippen LogP) is 3.50. The number of likely N-dealkylation sites (tertiary alicyclic amines) is 1. The van der Waals surface area contributed by atoms with E-state index in [1.165, 1.54) is 0 Å². The zero-order valence-corrected chi connectivity index (χ0v) is 17.8. The van der Waals surface area contributed by atoms with E-state index < -0.39 is 0 Å². The van der Waals surface area contributed by atoms with Crippen LogP contribution < -0.4 is 14.8 Å². The number of carbonyl (C=O) groups excluding carboxylic acids is 2. The summed E-state index contributed by atoms with van der Waals surface area (Å²) in [5.41, 5.74) is 0.582. The molecular weight excluding hydrogens is 356 g/mol. The molecule has 1 aliphatic rings. The molecule has 1 fully saturated rings. The van der Waals surface area contributed by atoms with Crippen LogP contribution in [0.15, 0.2) is 18.2 Å². The van der Waals surface area contributed by atoms with E-state index in [0.717, 1.165) is 6.42 Å². The minimum absolute atomic E-state index is 0.0160. The molecule has 0 unspecified atom stereocenters. The minimum atomic E-state index is -0.0326. The quantitative estimate of drug-likeness (QED) is 0.738. The fourth-order valence-electron chi connectivity index (χ4n) is 3.25. The molecule has 0 saturated carbocycles. The van der Waals surface area contributed by atoms with E-state index >= 15 is 0 Å². The molecule has 1 saturated heterocycles. The van der Waals surface area contributed by atoms with Crippen molar-refractivity contribution in [1.82, 2.24) is 10.2 Å². The van der Waals surface area contributed by atoms with Gasteiger partial charge in [-0.3, -0.25) is 9.59 Å². The lowest BCUT2D eigenvalue weighted by Crippen LogP contribution is -2.44. The molecule has 1 aromatic carbocycles. The second-order valence-corrected chi connectivity index (χ2v) is 8.13. The Bertz CT molecular complexity index is 665. The molecule has 6 nitrogen and oxygen atoms in total. The molecule has 2 amide bonds. The SMILES string of the molecule is COc1cc(C(=O)N2CCC(C(=O)NC(C)C)CC2)ccc1OCCC(C)C. The Hall–Kier alpha value is -2.24. The van der Waals surface area contributed by atoms with Gasteiger partial charge in [-0.25, -0.2) is 0 Å². The maximum absolute atomic E-state index is 12.9. The zero-order valence-electron chi connectivity index (χ0n) is 17.8. The van der Waals surface area contributed by atoms with Crippen molar-refractivity contribution in [2.45, 2.75) is 53.0 Å². The van der Waals surface area contributed by atoms with Gasteiger partial charge >= 0.3 is 0 Å². The van der Waals surface area contributed by atoms with Crippen LogP contribution in [0.25, 0.3) is 0 Å². The number of benzene rings is 1. The lowest BCUT2D eigenvalue weighted by Gasteiger charge is -2.32. The van der Waals surface area contributed by atoms with Crippen molar-refractivity contribution in [2.24, 2.45) is 11.8 Å². The van der Waals surface area contributed by atoms with Gasteiger partial charge in [-0.15, -0.1) is 0 Å². The summed E-state index contributed by atoms with van der Waals surface area (Å²) in [6.45, 7) is 10.0. The summed E-state index contributed by atoms with van der Waals surface area (Å²) >= 11 is 0. The van der Waals surface area contributed by atoms with Gasteiger partial charge in [-0.2, -0.15) is 0 Å². The van der Waals surface area contributed by atoms with Crippen LogP contribution in [0.3, 0.4) is 0 Å². The molecule has 156 valence electrons. The summed E-state index contributed by atoms with van der Waals surface area (Å²) < 4.78 is 11.2.